The minimum atomic E-state index is 0.183. The third-order valence-corrected chi connectivity index (χ3v) is 2.45. The molecule has 0 amide bonds. The molecule has 2 aromatic heterocycles. The summed E-state index contributed by atoms with van der Waals surface area (Å²) in [6.07, 6.45) is 10.6. The van der Waals surface area contributed by atoms with Crippen LogP contribution >= 0.6 is 0 Å². The van der Waals surface area contributed by atoms with Crippen molar-refractivity contribution in [1.82, 2.24) is 19.5 Å². The SMILES string of the molecule is CCC(N)Cc1cnc(-n2ccnc2)nc1. The van der Waals surface area contributed by atoms with Gasteiger partial charge in [-0.05, 0) is 18.4 Å². The molecule has 0 fully saturated rings. The van der Waals surface area contributed by atoms with E-state index in [1.165, 1.54) is 0 Å². The summed E-state index contributed by atoms with van der Waals surface area (Å²) in [4.78, 5) is 12.5. The lowest BCUT2D eigenvalue weighted by atomic mass is 10.1. The molecule has 0 saturated heterocycles. The summed E-state index contributed by atoms with van der Waals surface area (Å²) < 4.78 is 1.77. The molecule has 0 spiro atoms. The van der Waals surface area contributed by atoms with Crippen LogP contribution in [-0.2, 0) is 6.42 Å². The van der Waals surface area contributed by atoms with Gasteiger partial charge in [0.15, 0.2) is 0 Å². The van der Waals surface area contributed by atoms with Gasteiger partial charge in [0.1, 0.15) is 6.33 Å². The zero-order chi connectivity index (χ0) is 11.4. The highest BCUT2D eigenvalue weighted by atomic mass is 15.2. The van der Waals surface area contributed by atoms with E-state index >= 15 is 0 Å². The van der Waals surface area contributed by atoms with E-state index in [0.717, 1.165) is 18.4 Å². The van der Waals surface area contributed by atoms with E-state index in [4.69, 9.17) is 5.73 Å². The number of imidazole rings is 1. The molecule has 1 atom stereocenters. The minimum Gasteiger partial charge on any atom is -0.327 e. The number of hydrogen-bond acceptors (Lipinski definition) is 4. The van der Waals surface area contributed by atoms with Gasteiger partial charge in [0.05, 0.1) is 0 Å². The zero-order valence-corrected chi connectivity index (χ0v) is 9.24. The van der Waals surface area contributed by atoms with Crippen molar-refractivity contribution in [2.75, 3.05) is 0 Å². The van der Waals surface area contributed by atoms with Crippen molar-refractivity contribution >= 4 is 0 Å². The average Bonchev–Trinajstić information content (AvgIpc) is 2.83. The summed E-state index contributed by atoms with van der Waals surface area (Å²) >= 11 is 0. The Hall–Kier alpha value is -1.75. The molecule has 5 heteroatoms. The molecule has 5 nitrogen and oxygen atoms in total. The third-order valence-electron chi connectivity index (χ3n) is 2.45. The van der Waals surface area contributed by atoms with Gasteiger partial charge < -0.3 is 5.73 Å². The fourth-order valence-corrected chi connectivity index (χ4v) is 1.41. The number of hydrogen-bond donors (Lipinski definition) is 1. The summed E-state index contributed by atoms with van der Waals surface area (Å²) in [6, 6.07) is 0.183. The van der Waals surface area contributed by atoms with Crippen LogP contribution < -0.4 is 5.73 Å². The molecule has 0 saturated carbocycles. The molecule has 0 aliphatic rings. The maximum atomic E-state index is 5.87. The fraction of sp³-hybridized carbons (Fsp3) is 0.364. The first-order valence-electron chi connectivity index (χ1n) is 5.34. The summed E-state index contributed by atoms with van der Waals surface area (Å²) in [5.41, 5.74) is 6.93. The molecule has 84 valence electrons. The van der Waals surface area contributed by atoms with Gasteiger partial charge in [0.25, 0.3) is 0 Å². The highest BCUT2D eigenvalue weighted by molar-refractivity contribution is 5.15. The first-order valence-corrected chi connectivity index (χ1v) is 5.34. The van der Waals surface area contributed by atoms with E-state index in [-0.39, 0.29) is 6.04 Å². The van der Waals surface area contributed by atoms with Gasteiger partial charge in [0.2, 0.25) is 5.95 Å². The molecule has 2 N–H and O–H groups in total. The molecule has 0 bridgehead atoms. The third kappa shape index (κ3) is 2.43. The maximum Gasteiger partial charge on any atom is 0.234 e. The summed E-state index contributed by atoms with van der Waals surface area (Å²) in [6.45, 7) is 2.07. The van der Waals surface area contributed by atoms with Gasteiger partial charge in [-0.2, -0.15) is 0 Å². The zero-order valence-electron chi connectivity index (χ0n) is 9.24. The predicted molar refractivity (Wildman–Crippen MR) is 61.1 cm³/mol. The lowest BCUT2D eigenvalue weighted by Gasteiger charge is -2.08. The highest BCUT2D eigenvalue weighted by Gasteiger charge is 2.03. The highest BCUT2D eigenvalue weighted by Crippen LogP contribution is 2.04. The molecule has 2 heterocycles. The number of rotatable bonds is 4. The maximum absolute atomic E-state index is 5.87. The Morgan fingerprint density at radius 3 is 2.69 bits per heavy atom. The van der Waals surface area contributed by atoms with Gasteiger partial charge in [-0.25, -0.2) is 15.0 Å². The summed E-state index contributed by atoms with van der Waals surface area (Å²) in [5.74, 6) is 0.631. The number of nitrogens with two attached hydrogens (primary N) is 1. The van der Waals surface area contributed by atoms with Crippen molar-refractivity contribution in [1.29, 1.82) is 0 Å². The molecule has 0 aliphatic carbocycles. The fourth-order valence-electron chi connectivity index (χ4n) is 1.41. The van der Waals surface area contributed by atoms with Gasteiger partial charge in [-0.3, -0.25) is 4.57 Å². The van der Waals surface area contributed by atoms with E-state index in [0.29, 0.717) is 5.95 Å². The summed E-state index contributed by atoms with van der Waals surface area (Å²) in [7, 11) is 0. The first kappa shape index (κ1) is 10.8. The molecule has 1 unspecified atom stereocenters. The van der Waals surface area contributed by atoms with Gasteiger partial charge in [-0.1, -0.05) is 6.92 Å². The molecule has 0 aliphatic heterocycles. The second-order valence-corrected chi connectivity index (χ2v) is 3.73. The Balaban J connectivity index is 2.11. The number of nitrogens with zero attached hydrogens (tertiary/aromatic N) is 4. The molecule has 2 aromatic rings. The van der Waals surface area contributed by atoms with Crippen molar-refractivity contribution in [3.63, 3.8) is 0 Å². The van der Waals surface area contributed by atoms with Crippen LogP contribution in [0.25, 0.3) is 5.95 Å². The molecule has 2 rings (SSSR count). The predicted octanol–water partition coefficient (Wildman–Crippen LogP) is 0.942. The van der Waals surface area contributed by atoms with Crippen LogP contribution in [-0.4, -0.2) is 25.6 Å². The van der Waals surface area contributed by atoms with E-state index in [1.807, 2.05) is 18.6 Å². The topological polar surface area (TPSA) is 69.6 Å². The largest absolute Gasteiger partial charge is 0.327 e. The molecular weight excluding hydrogens is 202 g/mol. The molecular formula is C11H15N5. The normalized spacial score (nSPS) is 12.6. The lowest BCUT2D eigenvalue weighted by molar-refractivity contribution is 0.642. The van der Waals surface area contributed by atoms with Crippen LogP contribution in [0.5, 0.6) is 0 Å². The van der Waals surface area contributed by atoms with Crippen LogP contribution in [0.4, 0.5) is 0 Å². The Morgan fingerprint density at radius 2 is 2.12 bits per heavy atom. The van der Waals surface area contributed by atoms with Crippen LogP contribution in [0.2, 0.25) is 0 Å². The van der Waals surface area contributed by atoms with Crippen LogP contribution in [0.15, 0.2) is 31.1 Å². The molecule has 0 radical (unpaired) electrons. The van der Waals surface area contributed by atoms with Crippen LogP contribution in [0.1, 0.15) is 18.9 Å². The van der Waals surface area contributed by atoms with Gasteiger partial charge in [0, 0.05) is 30.8 Å². The van der Waals surface area contributed by atoms with Crippen LogP contribution in [0.3, 0.4) is 0 Å². The minimum absolute atomic E-state index is 0.183. The smallest absolute Gasteiger partial charge is 0.234 e. The van der Waals surface area contributed by atoms with Crippen molar-refractivity contribution < 1.29 is 0 Å². The van der Waals surface area contributed by atoms with E-state index in [2.05, 4.69) is 21.9 Å². The lowest BCUT2D eigenvalue weighted by Crippen LogP contribution is -2.21. The van der Waals surface area contributed by atoms with E-state index in [9.17, 15) is 0 Å². The van der Waals surface area contributed by atoms with E-state index in [1.54, 1.807) is 17.1 Å². The summed E-state index contributed by atoms with van der Waals surface area (Å²) in [5, 5.41) is 0. The monoisotopic (exact) mass is 217 g/mol. The molecule has 0 aromatic carbocycles. The number of aromatic nitrogens is 4. The van der Waals surface area contributed by atoms with Gasteiger partial charge >= 0.3 is 0 Å². The van der Waals surface area contributed by atoms with Gasteiger partial charge in [-0.15, -0.1) is 0 Å². The Bertz CT molecular complexity index is 420. The first-order chi connectivity index (χ1) is 7.79. The van der Waals surface area contributed by atoms with Crippen LogP contribution in [0, 0.1) is 0 Å². The van der Waals surface area contributed by atoms with Crippen molar-refractivity contribution in [3.05, 3.63) is 36.7 Å². The van der Waals surface area contributed by atoms with Crippen molar-refractivity contribution in [2.45, 2.75) is 25.8 Å². The van der Waals surface area contributed by atoms with Crippen molar-refractivity contribution in [2.24, 2.45) is 5.73 Å². The second kappa shape index (κ2) is 4.85. The quantitative estimate of drug-likeness (QED) is 0.827. The Labute approximate surface area is 94.4 Å². The molecule has 16 heavy (non-hydrogen) atoms. The standard InChI is InChI=1S/C11H15N5/c1-2-10(12)5-9-6-14-11(15-7-9)16-4-3-13-8-16/h3-4,6-8,10H,2,5,12H2,1H3. The van der Waals surface area contributed by atoms with Crippen molar-refractivity contribution in [3.8, 4) is 5.95 Å². The Kier molecular flexibility index (Phi) is 3.26. The second-order valence-electron chi connectivity index (χ2n) is 3.73. The average molecular weight is 217 g/mol. The Morgan fingerprint density at radius 1 is 1.38 bits per heavy atom. The van der Waals surface area contributed by atoms with E-state index < -0.39 is 0 Å².